The number of carbonyl (C=O) groups excluding carboxylic acids is 1. The quantitative estimate of drug-likeness (QED) is 0.852. The van der Waals surface area contributed by atoms with E-state index in [1.54, 1.807) is 6.92 Å². The van der Waals surface area contributed by atoms with Crippen LogP contribution >= 0.6 is 11.3 Å². The number of rotatable bonds is 4. The lowest BCUT2D eigenvalue weighted by atomic mass is 10.4. The summed E-state index contributed by atoms with van der Waals surface area (Å²) in [5.41, 5.74) is 0. The van der Waals surface area contributed by atoms with E-state index in [9.17, 15) is 13.2 Å². The summed E-state index contributed by atoms with van der Waals surface area (Å²) in [5, 5.41) is 7.84. The average Bonchev–Trinajstić information content (AvgIpc) is 2.95. The van der Waals surface area contributed by atoms with Gasteiger partial charge in [-0.25, -0.2) is 13.6 Å². The number of sulfonamides is 1. The second kappa shape index (κ2) is 4.40. The predicted octanol–water partition coefficient (Wildman–Crippen LogP) is 0.844. The molecule has 2 rings (SSSR count). The van der Waals surface area contributed by atoms with E-state index in [0.717, 1.165) is 24.2 Å². The van der Waals surface area contributed by atoms with Crippen molar-refractivity contribution in [3.63, 3.8) is 0 Å². The summed E-state index contributed by atoms with van der Waals surface area (Å²) in [5.74, 6) is 0.373. The van der Waals surface area contributed by atoms with Crippen molar-refractivity contribution in [2.24, 2.45) is 11.1 Å². The molecule has 1 heterocycles. The molecule has 1 fully saturated rings. The number of thiophene rings is 1. The fourth-order valence-corrected chi connectivity index (χ4v) is 3.57. The lowest BCUT2D eigenvalue weighted by molar-refractivity contribution is 0.0955. The molecule has 7 heteroatoms. The Bertz CT molecular complexity index is 544. The number of hydrogen-bond donors (Lipinski definition) is 2. The van der Waals surface area contributed by atoms with Gasteiger partial charge in [-0.1, -0.05) is 0 Å². The van der Waals surface area contributed by atoms with Crippen LogP contribution in [0.4, 0.5) is 0 Å². The van der Waals surface area contributed by atoms with Crippen LogP contribution in [0.2, 0.25) is 0 Å². The second-order valence-electron chi connectivity index (χ2n) is 4.23. The first-order valence-electron chi connectivity index (χ1n) is 5.29. The maximum Gasteiger partial charge on any atom is 0.261 e. The largest absolute Gasteiger partial charge is 0.351 e. The standard InChI is InChI=1S/C10H14N2O3S2/c1-6-9(17(11,14)15)4-8(16-6)10(13)12-5-7-2-3-7/h4,7H,2-3,5H2,1H3,(H,12,13)(H2,11,14,15). The molecule has 0 aromatic carbocycles. The zero-order valence-corrected chi connectivity index (χ0v) is 11.0. The Morgan fingerprint density at radius 2 is 2.24 bits per heavy atom. The highest BCUT2D eigenvalue weighted by Gasteiger charge is 2.23. The molecule has 0 bridgehead atoms. The normalized spacial score (nSPS) is 15.9. The third-order valence-corrected chi connectivity index (χ3v) is 4.87. The minimum absolute atomic E-state index is 0.0408. The zero-order chi connectivity index (χ0) is 12.6. The molecule has 3 N–H and O–H groups in total. The summed E-state index contributed by atoms with van der Waals surface area (Å²) < 4.78 is 22.4. The van der Waals surface area contributed by atoms with Crippen LogP contribution in [0.1, 0.15) is 27.4 Å². The van der Waals surface area contributed by atoms with E-state index in [1.165, 1.54) is 6.07 Å². The van der Waals surface area contributed by atoms with E-state index < -0.39 is 10.0 Å². The summed E-state index contributed by atoms with van der Waals surface area (Å²) in [7, 11) is -3.73. The number of hydrogen-bond acceptors (Lipinski definition) is 4. The van der Waals surface area contributed by atoms with Crippen molar-refractivity contribution >= 4 is 27.3 Å². The average molecular weight is 274 g/mol. The SMILES string of the molecule is Cc1sc(C(=O)NCC2CC2)cc1S(N)(=O)=O. The first kappa shape index (κ1) is 12.5. The number of amides is 1. The number of nitrogens with two attached hydrogens (primary N) is 1. The van der Waals surface area contributed by atoms with Gasteiger partial charge in [-0.3, -0.25) is 4.79 Å². The van der Waals surface area contributed by atoms with Crippen LogP contribution in [0.5, 0.6) is 0 Å². The van der Waals surface area contributed by atoms with E-state index in [4.69, 9.17) is 5.14 Å². The Morgan fingerprint density at radius 1 is 1.59 bits per heavy atom. The van der Waals surface area contributed by atoms with Gasteiger partial charge < -0.3 is 5.32 Å². The molecule has 94 valence electrons. The Morgan fingerprint density at radius 3 is 2.71 bits per heavy atom. The molecule has 1 aliphatic carbocycles. The van der Waals surface area contributed by atoms with Gasteiger partial charge in [0.15, 0.2) is 0 Å². The first-order valence-corrected chi connectivity index (χ1v) is 7.65. The Hall–Kier alpha value is -0.920. The molecule has 0 unspecified atom stereocenters. The van der Waals surface area contributed by atoms with Crippen LogP contribution in [0.15, 0.2) is 11.0 Å². The van der Waals surface area contributed by atoms with E-state index in [-0.39, 0.29) is 10.8 Å². The number of primary sulfonamides is 1. The van der Waals surface area contributed by atoms with Crippen LogP contribution in [-0.4, -0.2) is 20.9 Å². The van der Waals surface area contributed by atoms with Crippen molar-refractivity contribution in [3.05, 3.63) is 15.8 Å². The molecule has 1 aromatic heterocycles. The van der Waals surface area contributed by atoms with Gasteiger partial charge in [0.25, 0.3) is 5.91 Å². The Labute approximate surface area is 104 Å². The molecule has 5 nitrogen and oxygen atoms in total. The van der Waals surface area contributed by atoms with Gasteiger partial charge in [0.1, 0.15) is 0 Å². The van der Waals surface area contributed by atoms with Crippen LogP contribution in [0.25, 0.3) is 0 Å². The molecular weight excluding hydrogens is 260 g/mol. The molecule has 0 spiro atoms. The molecule has 1 amide bonds. The highest BCUT2D eigenvalue weighted by molar-refractivity contribution is 7.89. The summed E-state index contributed by atoms with van der Waals surface area (Å²) in [4.78, 5) is 12.7. The lowest BCUT2D eigenvalue weighted by Gasteiger charge is -2.00. The summed E-state index contributed by atoms with van der Waals surface area (Å²) in [6.45, 7) is 2.31. The van der Waals surface area contributed by atoms with E-state index in [2.05, 4.69) is 5.32 Å². The third kappa shape index (κ3) is 3.05. The first-order chi connectivity index (χ1) is 7.88. The fraction of sp³-hybridized carbons (Fsp3) is 0.500. The van der Waals surface area contributed by atoms with Crippen LogP contribution in [0.3, 0.4) is 0 Å². The zero-order valence-electron chi connectivity index (χ0n) is 9.39. The maximum absolute atomic E-state index is 11.7. The molecule has 0 radical (unpaired) electrons. The smallest absolute Gasteiger partial charge is 0.261 e. The molecule has 17 heavy (non-hydrogen) atoms. The molecule has 1 aromatic rings. The van der Waals surface area contributed by atoms with Gasteiger partial charge >= 0.3 is 0 Å². The molecule has 1 saturated carbocycles. The van der Waals surface area contributed by atoms with Gasteiger partial charge in [0.2, 0.25) is 10.0 Å². The number of aryl methyl sites for hydroxylation is 1. The molecule has 0 saturated heterocycles. The van der Waals surface area contributed by atoms with Crippen molar-refractivity contribution in [1.82, 2.24) is 5.32 Å². The van der Waals surface area contributed by atoms with Crippen molar-refractivity contribution in [1.29, 1.82) is 0 Å². The van der Waals surface area contributed by atoms with Gasteiger partial charge in [0.05, 0.1) is 9.77 Å². The van der Waals surface area contributed by atoms with Gasteiger partial charge in [-0.2, -0.15) is 0 Å². The van der Waals surface area contributed by atoms with Gasteiger partial charge in [-0.15, -0.1) is 11.3 Å². The molecular formula is C10H14N2O3S2. The van der Waals surface area contributed by atoms with Crippen LogP contribution in [0, 0.1) is 12.8 Å². The molecule has 0 atom stereocenters. The minimum Gasteiger partial charge on any atom is -0.351 e. The van der Waals surface area contributed by atoms with E-state index in [0.29, 0.717) is 22.2 Å². The maximum atomic E-state index is 11.7. The molecule has 1 aliphatic rings. The summed E-state index contributed by atoms with van der Waals surface area (Å²) in [6, 6.07) is 1.34. The highest BCUT2D eigenvalue weighted by atomic mass is 32.2. The summed E-state index contributed by atoms with van der Waals surface area (Å²) >= 11 is 1.15. The van der Waals surface area contributed by atoms with Crippen molar-refractivity contribution < 1.29 is 13.2 Å². The number of nitrogens with one attached hydrogen (secondary N) is 1. The topological polar surface area (TPSA) is 89.3 Å². The Kier molecular flexibility index (Phi) is 3.24. The predicted molar refractivity (Wildman–Crippen MR) is 65.5 cm³/mol. The summed E-state index contributed by atoms with van der Waals surface area (Å²) in [6.07, 6.45) is 2.32. The fourth-order valence-electron chi connectivity index (χ4n) is 1.51. The van der Waals surface area contributed by atoms with Gasteiger partial charge in [0, 0.05) is 11.4 Å². The van der Waals surface area contributed by atoms with Crippen molar-refractivity contribution in [2.75, 3.05) is 6.54 Å². The van der Waals surface area contributed by atoms with Crippen molar-refractivity contribution in [3.8, 4) is 0 Å². The second-order valence-corrected chi connectivity index (χ2v) is 7.02. The van der Waals surface area contributed by atoms with Crippen molar-refractivity contribution in [2.45, 2.75) is 24.7 Å². The van der Waals surface area contributed by atoms with E-state index in [1.807, 2.05) is 0 Å². The number of carbonyl (C=O) groups is 1. The minimum atomic E-state index is -3.73. The van der Waals surface area contributed by atoms with Crippen LogP contribution in [-0.2, 0) is 10.0 Å². The Balaban J connectivity index is 2.13. The molecule has 0 aliphatic heterocycles. The van der Waals surface area contributed by atoms with Gasteiger partial charge in [-0.05, 0) is 31.7 Å². The monoisotopic (exact) mass is 274 g/mol. The third-order valence-electron chi connectivity index (χ3n) is 2.65. The highest BCUT2D eigenvalue weighted by Crippen LogP contribution is 2.28. The lowest BCUT2D eigenvalue weighted by Crippen LogP contribution is -2.24. The van der Waals surface area contributed by atoms with Crippen LogP contribution < -0.4 is 10.5 Å². The van der Waals surface area contributed by atoms with E-state index >= 15 is 0 Å².